The molecule has 0 fully saturated rings. The summed E-state index contributed by atoms with van der Waals surface area (Å²) in [6.07, 6.45) is 1.85. The standard InChI is InChI=1S/C10H14NO2/c1-12-9-5-2-3-6-10(9)13-8-4-7-11/h2-6H,7-8,11H2,1H3. The van der Waals surface area contributed by atoms with E-state index in [4.69, 9.17) is 15.2 Å². The van der Waals surface area contributed by atoms with E-state index in [1.165, 1.54) is 0 Å². The van der Waals surface area contributed by atoms with Gasteiger partial charge in [0.05, 0.1) is 13.7 Å². The van der Waals surface area contributed by atoms with E-state index >= 15 is 0 Å². The molecule has 1 rings (SSSR count). The van der Waals surface area contributed by atoms with Crippen molar-refractivity contribution >= 4 is 0 Å². The minimum absolute atomic E-state index is 0.511. The predicted molar refractivity (Wildman–Crippen MR) is 51.8 cm³/mol. The summed E-state index contributed by atoms with van der Waals surface area (Å²) in [7, 11) is 1.62. The molecule has 0 bridgehead atoms. The molecule has 0 aliphatic heterocycles. The summed E-state index contributed by atoms with van der Waals surface area (Å²) in [6, 6.07) is 7.53. The van der Waals surface area contributed by atoms with E-state index in [2.05, 4.69) is 0 Å². The Balaban J connectivity index is 2.54. The Hall–Kier alpha value is -1.22. The van der Waals surface area contributed by atoms with E-state index in [-0.39, 0.29) is 0 Å². The quantitative estimate of drug-likeness (QED) is 0.693. The summed E-state index contributed by atoms with van der Waals surface area (Å²) >= 11 is 0. The molecule has 2 N–H and O–H groups in total. The molecule has 1 aromatic rings. The smallest absolute Gasteiger partial charge is 0.161 e. The molecule has 0 spiro atoms. The topological polar surface area (TPSA) is 44.5 Å². The summed E-state index contributed by atoms with van der Waals surface area (Å²) < 4.78 is 10.5. The highest BCUT2D eigenvalue weighted by atomic mass is 16.5. The number of methoxy groups -OCH3 is 1. The van der Waals surface area contributed by atoms with Gasteiger partial charge in [0.2, 0.25) is 0 Å². The van der Waals surface area contributed by atoms with Crippen LogP contribution in [0.25, 0.3) is 0 Å². The van der Waals surface area contributed by atoms with Crippen molar-refractivity contribution in [1.82, 2.24) is 0 Å². The number of ether oxygens (including phenoxy) is 2. The van der Waals surface area contributed by atoms with E-state index in [0.717, 1.165) is 11.5 Å². The summed E-state index contributed by atoms with van der Waals surface area (Å²) in [5, 5.41) is 0. The molecule has 0 atom stereocenters. The Morgan fingerprint density at radius 3 is 2.62 bits per heavy atom. The number of hydrogen-bond acceptors (Lipinski definition) is 3. The molecular weight excluding hydrogens is 166 g/mol. The van der Waals surface area contributed by atoms with Crippen molar-refractivity contribution < 1.29 is 9.47 Å². The average molecular weight is 180 g/mol. The lowest BCUT2D eigenvalue weighted by Crippen LogP contribution is -2.07. The monoisotopic (exact) mass is 180 g/mol. The van der Waals surface area contributed by atoms with Gasteiger partial charge in [0.1, 0.15) is 0 Å². The second-order valence-electron chi connectivity index (χ2n) is 2.49. The maximum Gasteiger partial charge on any atom is 0.161 e. The first-order chi connectivity index (χ1) is 6.38. The Kier molecular flexibility index (Phi) is 4.12. The van der Waals surface area contributed by atoms with Crippen LogP contribution in [-0.2, 0) is 0 Å². The third-order valence-electron chi connectivity index (χ3n) is 1.59. The van der Waals surface area contributed by atoms with E-state index in [1.54, 1.807) is 7.11 Å². The lowest BCUT2D eigenvalue weighted by molar-refractivity contribution is 0.316. The van der Waals surface area contributed by atoms with E-state index in [9.17, 15) is 0 Å². The van der Waals surface area contributed by atoms with Gasteiger partial charge in [-0.15, -0.1) is 0 Å². The van der Waals surface area contributed by atoms with Gasteiger partial charge in [0.25, 0.3) is 0 Å². The van der Waals surface area contributed by atoms with Gasteiger partial charge >= 0.3 is 0 Å². The van der Waals surface area contributed by atoms with Gasteiger partial charge in [-0.3, -0.25) is 0 Å². The van der Waals surface area contributed by atoms with Crippen LogP contribution < -0.4 is 15.2 Å². The van der Waals surface area contributed by atoms with Crippen molar-refractivity contribution in [2.24, 2.45) is 5.73 Å². The molecule has 0 heterocycles. The van der Waals surface area contributed by atoms with Crippen molar-refractivity contribution in [3.05, 3.63) is 30.7 Å². The van der Waals surface area contributed by atoms with Crippen LogP contribution >= 0.6 is 0 Å². The van der Waals surface area contributed by atoms with Gasteiger partial charge in [-0.05, 0) is 18.7 Å². The number of rotatable bonds is 5. The van der Waals surface area contributed by atoms with E-state index in [0.29, 0.717) is 13.2 Å². The van der Waals surface area contributed by atoms with Gasteiger partial charge in [-0.2, -0.15) is 0 Å². The van der Waals surface area contributed by atoms with Crippen LogP contribution in [-0.4, -0.2) is 20.3 Å². The first kappa shape index (κ1) is 9.86. The summed E-state index contributed by atoms with van der Waals surface area (Å²) in [5.74, 6) is 1.49. The Bertz CT molecular complexity index is 250. The van der Waals surface area contributed by atoms with Crippen molar-refractivity contribution in [2.75, 3.05) is 20.3 Å². The minimum atomic E-state index is 0.511. The number of nitrogens with two attached hydrogens (primary N) is 1. The molecular formula is C10H14NO2. The average Bonchev–Trinajstić information content (AvgIpc) is 2.19. The summed E-state index contributed by atoms with van der Waals surface area (Å²) in [6.45, 7) is 1.03. The Morgan fingerprint density at radius 2 is 2.00 bits per heavy atom. The maximum absolute atomic E-state index is 5.41. The highest BCUT2D eigenvalue weighted by molar-refractivity contribution is 5.39. The Labute approximate surface area is 78.5 Å². The highest BCUT2D eigenvalue weighted by Crippen LogP contribution is 2.25. The molecule has 0 saturated heterocycles. The normalized spacial score (nSPS) is 9.69. The molecule has 13 heavy (non-hydrogen) atoms. The van der Waals surface area contributed by atoms with Crippen molar-refractivity contribution in [1.29, 1.82) is 0 Å². The zero-order valence-electron chi connectivity index (χ0n) is 7.69. The van der Waals surface area contributed by atoms with Gasteiger partial charge in [-0.1, -0.05) is 12.1 Å². The lowest BCUT2D eigenvalue weighted by Gasteiger charge is -2.08. The first-order valence-electron chi connectivity index (χ1n) is 4.16. The fraction of sp³-hybridized carbons (Fsp3) is 0.300. The van der Waals surface area contributed by atoms with Crippen LogP contribution in [0.15, 0.2) is 24.3 Å². The van der Waals surface area contributed by atoms with Crippen LogP contribution in [0.1, 0.15) is 0 Å². The SMILES string of the molecule is COc1ccccc1OC[CH]CN. The fourth-order valence-electron chi connectivity index (χ4n) is 0.955. The molecule has 3 nitrogen and oxygen atoms in total. The number of hydrogen-bond donors (Lipinski definition) is 1. The predicted octanol–water partition coefficient (Wildman–Crippen LogP) is 1.24. The van der Waals surface area contributed by atoms with E-state index in [1.807, 2.05) is 30.7 Å². The zero-order chi connectivity index (χ0) is 9.52. The van der Waals surface area contributed by atoms with E-state index < -0.39 is 0 Å². The molecule has 0 aromatic heterocycles. The van der Waals surface area contributed by atoms with Crippen LogP contribution in [0.2, 0.25) is 0 Å². The van der Waals surface area contributed by atoms with Crippen molar-refractivity contribution in [3.8, 4) is 11.5 Å². The van der Waals surface area contributed by atoms with Crippen molar-refractivity contribution in [3.63, 3.8) is 0 Å². The van der Waals surface area contributed by atoms with Crippen LogP contribution in [0.4, 0.5) is 0 Å². The zero-order valence-corrected chi connectivity index (χ0v) is 7.69. The van der Waals surface area contributed by atoms with Crippen LogP contribution in [0.5, 0.6) is 11.5 Å². The summed E-state index contributed by atoms with van der Waals surface area (Å²) in [5.41, 5.74) is 5.30. The first-order valence-corrected chi connectivity index (χ1v) is 4.16. The van der Waals surface area contributed by atoms with Crippen LogP contribution in [0.3, 0.4) is 0 Å². The molecule has 1 aromatic carbocycles. The largest absolute Gasteiger partial charge is 0.493 e. The van der Waals surface area contributed by atoms with Gasteiger partial charge in [-0.25, -0.2) is 0 Å². The fourth-order valence-corrected chi connectivity index (χ4v) is 0.955. The molecule has 0 aliphatic rings. The maximum atomic E-state index is 5.41. The third kappa shape index (κ3) is 2.95. The van der Waals surface area contributed by atoms with Gasteiger partial charge in [0, 0.05) is 6.42 Å². The Morgan fingerprint density at radius 1 is 1.31 bits per heavy atom. The minimum Gasteiger partial charge on any atom is -0.493 e. The third-order valence-corrected chi connectivity index (χ3v) is 1.59. The molecule has 0 amide bonds. The molecule has 1 radical (unpaired) electrons. The summed E-state index contributed by atoms with van der Waals surface area (Å²) in [4.78, 5) is 0. The number of benzene rings is 1. The van der Waals surface area contributed by atoms with Gasteiger partial charge < -0.3 is 15.2 Å². The van der Waals surface area contributed by atoms with Gasteiger partial charge in [0.15, 0.2) is 11.5 Å². The van der Waals surface area contributed by atoms with Crippen LogP contribution in [0, 0.1) is 6.42 Å². The second-order valence-corrected chi connectivity index (χ2v) is 2.49. The molecule has 0 unspecified atom stereocenters. The van der Waals surface area contributed by atoms with Crippen molar-refractivity contribution in [2.45, 2.75) is 0 Å². The number of para-hydroxylation sites is 2. The lowest BCUT2D eigenvalue weighted by atomic mass is 10.3. The second kappa shape index (κ2) is 5.43. The highest BCUT2D eigenvalue weighted by Gasteiger charge is 2.00. The molecule has 0 aliphatic carbocycles. The molecule has 0 saturated carbocycles. The molecule has 71 valence electrons. The molecule has 3 heteroatoms.